The van der Waals surface area contributed by atoms with Crippen LogP contribution in [0.5, 0.6) is 5.75 Å². The van der Waals surface area contributed by atoms with Crippen LogP contribution in [-0.4, -0.2) is 55.7 Å². The molecule has 0 saturated carbocycles. The Bertz CT molecular complexity index is 769. The molecule has 0 N–H and O–H groups in total. The number of nitrogens with zero attached hydrogens (tertiary/aromatic N) is 2. The number of carbonyl (C=O) groups excluding carboxylic acids is 1. The molecule has 5 nitrogen and oxygen atoms in total. The lowest BCUT2D eigenvalue weighted by molar-refractivity contribution is -0.132. The summed E-state index contributed by atoms with van der Waals surface area (Å²) in [6.45, 7) is 2.22. The van der Waals surface area contributed by atoms with Gasteiger partial charge >= 0.3 is 0 Å². The van der Waals surface area contributed by atoms with Crippen molar-refractivity contribution in [2.45, 2.75) is 19.2 Å². The molecule has 1 atom stereocenters. The van der Waals surface area contributed by atoms with Gasteiger partial charge in [0.05, 0.1) is 19.8 Å². The molecule has 1 heterocycles. The van der Waals surface area contributed by atoms with Crippen LogP contribution in [0.2, 0.25) is 0 Å². The number of rotatable bonds is 6. The van der Waals surface area contributed by atoms with Crippen LogP contribution in [0, 0.1) is 5.82 Å². The highest BCUT2D eigenvalue weighted by Crippen LogP contribution is 2.19. The first-order chi connectivity index (χ1) is 13.1. The van der Waals surface area contributed by atoms with Gasteiger partial charge < -0.3 is 14.4 Å². The highest BCUT2D eigenvalue weighted by molar-refractivity contribution is 5.78. The molecule has 0 bridgehead atoms. The topological polar surface area (TPSA) is 42.0 Å². The van der Waals surface area contributed by atoms with E-state index in [-0.39, 0.29) is 24.4 Å². The van der Waals surface area contributed by atoms with Gasteiger partial charge in [0.25, 0.3) is 0 Å². The zero-order chi connectivity index (χ0) is 19.2. The third-order valence-corrected chi connectivity index (χ3v) is 4.80. The SMILES string of the molecule is COc1ccc(CN2CC(=O)N(Cc3ccccc3)CC(OC)C2)c(F)c1. The summed E-state index contributed by atoms with van der Waals surface area (Å²) in [5, 5.41) is 0. The van der Waals surface area contributed by atoms with E-state index in [1.165, 1.54) is 13.2 Å². The van der Waals surface area contributed by atoms with Crippen molar-refractivity contribution in [3.63, 3.8) is 0 Å². The number of amides is 1. The number of methoxy groups -OCH3 is 2. The van der Waals surface area contributed by atoms with E-state index in [4.69, 9.17) is 9.47 Å². The first-order valence-corrected chi connectivity index (χ1v) is 8.98. The van der Waals surface area contributed by atoms with Crippen LogP contribution >= 0.6 is 0 Å². The fourth-order valence-electron chi connectivity index (χ4n) is 3.30. The Balaban J connectivity index is 1.72. The highest BCUT2D eigenvalue weighted by atomic mass is 19.1. The maximum atomic E-state index is 14.3. The Hall–Kier alpha value is -2.44. The molecule has 0 spiro atoms. The molecule has 2 aromatic rings. The van der Waals surface area contributed by atoms with Gasteiger partial charge in [0.1, 0.15) is 11.6 Å². The van der Waals surface area contributed by atoms with E-state index in [1.54, 1.807) is 19.2 Å². The van der Waals surface area contributed by atoms with Crippen molar-refractivity contribution < 1.29 is 18.7 Å². The van der Waals surface area contributed by atoms with Crippen LogP contribution in [0.25, 0.3) is 0 Å². The van der Waals surface area contributed by atoms with Gasteiger partial charge in [0.15, 0.2) is 0 Å². The van der Waals surface area contributed by atoms with E-state index in [1.807, 2.05) is 40.1 Å². The Morgan fingerprint density at radius 3 is 2.52 bits per heavy atom. The van der Waals surface area contributed by atoms with Gasteiger partial charge in [-0.25, -0.2) is 4.39 Å². The van der Waals surface area contributed by atoms with Crippen molar-refractivity contribution in [2.24, 2.45) is 0 Å². The number of hydrogen-bond donors (Lipinski definition) is 0. The van der Waals surface area contributed by atoms with Gasteiger partial charge in [-0.3, -0.25) is 9.69 Å². The van der Waals surface area contributed by atoms with E-state index >= 15 is 0 Å². The average molecular weight is 372 g/mol. The summed E-state index contributed by atoms with van der Waals surface area (Å²) in [6, 6.07) is 14.7. The third kappa shape index (κ3) is 5.05. The van der Waals surface area contributed by atoms with Gasteiger partial charge in [-0.15, -0.1) is 0 Å². The lowest BCUT2D eigenvalue weighted by atomic mass is 10.2. The minimum absolute atomic E-state index is 0.0207. The summed E-state index contributed by atoms with van der Waals surface area (Å²) in [4.78, 5) is 16.5. The molecule has 1 saturated heterocycles. The molecule has 1 unspecified atom stereocenters. The minimum atomic E-state index is -0.332. The Morgan fingerprint density at radius 1 is 1.07 bits per heavy atom. The predicted molar refractivity (Wildman–Crippen MR) is 101 cm³/mol. The van der Waals surface area contributed by atoms with E-state index in [2.05, 4.69) is 0 Å². The average Bonchev–Trinajstić information content (AvgIpc) is 2.82. The minimum Gasteiger partial charge on any atom is -0.497 e. The zero-order valence-corrected chi connectivity index (χ0v) is 15.7. The molecular weight excluding hydrogens is 347 g/mol. The molecule has 0 aromatic heterocycles. The molecule has 144 valence electrons. The van der Waals surface area contributed by atoms with Crippen molar-refractivity contribution in [3.05, 3.63) is 65.5 Å². The van der Waals surface area contributed by atoms with Crippen LogP contribution in [-0.2, 0) is 22.6 Å². The molecule has 1 fully saturated rings. The number of carbonyl (C=O) groups is 1. The fraction of sp³-hybridized carbons (Fsp3) is 0.381. The largest absolute Gasteiger partial charge is 0.497 e. The third-order valence-electron chi connectivity index (χ3n) is 4.80. The van der Waals surface area contributed by atoms with Crippen LogP contribution in [0.3, 0.4) is 0 Å². The van der Waals surface area contributed by atoms with Crippen LogP contribution in [0.4, 0.5) is 4.39 Å². The number of halogens is 1. The first kappa shape index (κ1) is 19.3. The summed E-state index contributed by atoms with van der Waals surface area (Å²) >= 11 is 0. The number of ether oxygens (including phenoxy) is 2. The number of hydrogen-bond acceptors (Lipinski definition) is 4. The van der Waals surface area contributed by atoms with Crippen LogP contribution in [0.1, 0.15) is 11.1 Å². The lowest BCUT2D eigenvalue weighted by Crippen LogP contribution is -2.37. The van der Waals surface area contributed by atoms with Gasteiger partial charge in [0, 0.05) is 44.9 Å². The zero-order valence-electron chi connectivity index (χ0n) is 15.7. The predicted octanol–water partition coefficient (Wildman–Crippen LogP) is 2.69. The summed E-state index contributed by atoms with van der Waals surface area (Å²) in [5.41, 5.74) is 1.62. The van der Waals surface area contributed by atoms with Crippen molar-refractivity contribution in [1.29, 1.82) is 0 Å². The maximum Gasteiger partial charge on any atom is 0.237 e. The van der Waals surface area contributed by atoms with Crippen molar-refractivity contribution in [2.75, 3.05) is 33.9 Å². The first-order valence-electron chi connectivity index (χ1n) is 8.98. The molecular formula is C21H25FN2O3. The van der Waals surface area contributed by atoms with Gasteiger partial charge in [0.2, 0.25) is 5.91 Å². The van der Waals surface area contributed by atoms with Crippen LogP contribution < -0.4 is 4.74 Å². The van der Waals surface area contributed by atoms with E-state index < -0.39 is 0 Å². The molecule has 1 amide bonds. The summed E-state index contributed by atoms with van der Waals surface area (Å²) in [5.74, 6) is 0.167. The van der Waals surface area contributed by atoms with Crippen LogP contribution in [0.15, 0.2) is 48.5 Å². The van der Waals surface area contributed by atoms with E-state index in [0.717, 1.165) is 5.56 Å². The maximum absolute atomic E-state index is 14.3. The molecule has 0 radical (unpaired) electrons. The normalized spacial score (nSPS) is 18.4. The highest BCUT2D eigenvalue weighted by Gasteiger charge is 2.28. The second kappa shape index (κ2) is 8.97. The Kier molecular flexibility index (Phi) is 6.42. The van der Waals surface area contributed by atoms with Gasteiger partial charge in [-0.2, -0.15) is 0 Å². The quantitative estimate of drug-likeness (QED) is 0.782. The molecule has 3 rings (SSSR count). The monoisotopic (exact) mass is 372 g/mol. The van der Waals surface area contributed by atoms with Gasteiger partial charge in [-0.1, -0.05) is 36.4 Å². The molecule has 2 aromatic carbocycles. The van der Waals surface area contributed by atoms with Crippen molar-refractivity contribution >= 4 is 5.91 Å². The molecule has 6 heteroatoms. The molecule has 1 aliphatic rings. The Labute approximate surface area is 159 Å². The molecule has 0 aliphatic carbocycles. The van der Waals surface area contributed by atoms with Crippen molar-refractivity contribution in [3.8, 4) is 5.75 Å². The summed E-state index contributed by atoms with van der Waals surface area (Å²) < 4.78 is 24.9. The fourth-order valence-corrected chi connectivity index (χ4v) is 3.30. The summed E-state index contributed by atoms with van der Waals surface area (Å²) in [7, 11) is 3.15. The lowest BCUT2D eigenvalue weighted by Gasteiger charge is -2.23. The Morgan fingerprint density at radius 2 is 1.85 bits per heavy atom. The molecule has 27 heavy (non-hydrogen) atoms. The van der Waals surface area contributed by atoms with Crippen molar-refractivity contribution in [1.82, 2.24) is 9.80 Å². The van der Waals surface area contributed by atoms with E-state index in [0.29, 0.717) is 37.5 Å². The smallest absolute Gasteiger partial charge is 0.237 e. The van der Waals surface area contributed by atoms with E-state index in [9.17, 15) is 9.18 Å². The summed E-state index contributed by atoms with van der Waals surface area (Å²) in [6.07, 6.45) is -0.124. The van der Waals surface area contributed by atoms with Gasteiger partial charge in [-0.05, 0) is 11.6 Å². The standard InChI is InChI=1S/C21H25FN2O3/c1-26-18-9-8-17(20(22)10-18)12-23-13-19(27-2)14-24(21(25)15-23)11-16-6-4-3-5-7-16/h3-10,19H,11-15H2,1-2H3. The molecule has 1 aliphatic heterocycles. The second-order valence-electron chi connectivity index (χ2n) is 6.74. The number of benzene rings is 2. The second-order valence-corrected chi connectivity index (χ2v) is 6.74.